The van der Waals surface area contributed by atoms with Crippen molar-refractivity contribution in [1.29, 1.82) is 0 Å². The van der Waals surface area contributed by atoms with E-state index >= 15 is 0 Å². The van der Waals surface area contributed by atoms with Crippen molar-refractivity contribution in [3.63, 3.8) is 0 Å². The molecular formula is C46H40IrN2OSi-2. The molecule has 5 heteroatoms. The zero-order valence-electron chi connectivity index (χ0n) is 29.4. The predicted octanol–water partition coefficient (Wildman–Crippen LogP) is 11.3. The summed E-state index contributed by atoms with van der Waals surface area (Å²) >= 11 is 0. The summed E-state index contributed by atoms with van der Waals surface area (Å²) in [5, 5.41) is 3.61. The van der Waals surface area contributed by atoms with Crippen molar-refractivity contribution < 1.29 is 24.5 Å². The molecule has 0 saturated heterocycles. The molecule has 1 radical (unpaired) electrons. The minimum atomic E-state index is -1.30. The molecule has 1 unspecified atom stereocenters. The Morgan fingerprint density at radius 2 is 1.37 bits per heavy atom. The smallest absolute Gasteiger partial charge is 0.120 e. The summed E-state index contributed by atoms with van der Waals surface area (Å²) < 4.78 is 6.12. The minimum Gasteiger partial charge on any atom is -0.501 e. The van der Waals surface area contributed by atoms with Crippen LogP contribution in [0.15, 0.2) is 156 Å². The quantitative estimate of drug-likeness (QED) is 0.118. The standard InChI is InChI=1S/C24H16NO.C22H24NSi.Ir/c1-2-7-17(8-3-1)15-18-13-14-25-22(16-18)21-11-6-10-20-19-9-4-5-12-23(19)26-24(20)21;1-17(18-9-6-5-7-10-18)19-11-8-12-20(15-19)22-14-13-21(16-23-22)24(2,3)4;/h1-10,12-14,16H,15H2;5-11,13-17H,1-4H3;/q2*-1;. The number of benzene rings is 5. The van der Waals surface area contributed by atoms with Gasteiger partial charge in [0.2, 0.25) is 0 Å². The monoisotopic (exact) mass is 857 g/mol. The number of nitrogens with zero attached hydrogens (tertiary/aromatic N) is 2. The molecule has 3 heterocycles. The van der Waals surface area contributed by atoms with Gasteiger partial charge in [-0.2, -0.15) is 0 Å². The number of fused-ring (bicyclic) bond motifs is 3. The third-order valence-corrected chi connectivity index (χ3v) is 11.2. The largest absolute Gasteiger partial charge is 0.501 e. The Bertz CT molecular complexity index is 2350. The molecule has 51 heavy (non-hydrogen) atoms. The number of hydrogen-bond acceptors (Lipinski definition) is 3. The second-order valence-corrected chi connectivity index (χ2v) is 18.8. The van der Waals surface area contributed by atoms with Crippen molar-refractivity contribution in [2.45, 2.75) is 38.9 Å². The molecule has 0 saturated carbocycles. The van der Waals surface area contributed by atoms with E-state index in [9.17, 15) is 0 Å². The molecule has 0 N–H and O–H groups in total. The fourth-order valence-electron chi connectivity index (χ4n) is 6.27. The van der Waals surface area contributed by atoms with Gasteiger partial charge in [0.25, 0.3) is 0 Å². The number of pyridine rings is 2. The first kappa shape index (κ1) is 35.9. The van der Waals surface area contributed by atoms with Gasteiger partial charge in [-0.1, -0.05) is 135 Å². The Labute approximate surface area is 315 Å². The van der Waals surface area contributed by atoms with Crippen LogP contribution in [0.3, 0.4) is 0 Å². The minimum absolute atomic E-state index is 0. The van der Waals surface area contributed by atoms with Crippen LogP contribution in [-0.4, -0.2) is 18.0 Å². The van der Waals surface area contributed by atoms with E-state index in [1.165, 1.54) is 27.4 Å². The maximum Gasteiger partial charge on any atom is 0.120 e. The zero-order valence-corrected chi connectivity index (χ0v) is 32.7. The third-order valence-electron chi connectivity index (χ3n) is 9.20. The van der Waals surface area contributed by atoms with Gasteiger partial charge < -0.3 is 14.4 Å². The Morgan fingerprint density at radius 3 is 2.12 bits per heavy atom. The van der Waals surface area contributed by atoms with Crippen molar-refractivity contribution >= 4 is 35.2 Å². The van der Waals surface area contributed by atoms with Crippen LogP contribution in [-0.2, 0) is 26.5 Å². The Balaban J connectivity index is 0.000000173. The van der Waals surface area contributed by atoms with Gasteiger partial charge in [0, 0.05) is 37.9 Å². The molecule has 8 aromatic rings. The summed E-state index contributed by atoms with van der Waals surface area (Å²) in [6.45, 7) is 9.28. The van der Waals surface area contributed by atoms with Gasteiger partial charge in [-0.05, 0) is 57.7 Å². The van der Waals surface area contributed by atoms with Crippen LogP contribution < -0.4 is 5.19 Å². The van der Waals surface area contributed by atoms with Gasteiger partial charge in [0.1, 0.15) is 5.58 Å². The van der Waals surface area contributed by atoms with Crippen LogP contribution >= 0.6 is 0 Å². The first-order chi connectivity index (χ1) is 24.3. The number of aromatic nitrogens is 2. The molecule has 0 aliphatic heterocycles. The van der Waals surface area contributed by atoms with Crippen LogP contribution in [0.1, 0.15) is 35.1 Å². The van der Waals surface area contributed by atoms with E-state index in [4.69, 9.17) is 9.40 Å². The summed E-state index contributed by atoms with van der Waals surface area (Å²) in [5.74, 6) is 0.362. The summed E-state index contributed by atoms with van der Waals surface area (Å²) in [5.41, 5.74) is 10.7. The first-order valence-corrected chi connectivity index (χ1v) is 20.7. The van der Waals surface area contributed by atoms with Crippen LogP contribution in [0.25, 0.3) is 44.5 Å². The number of para-hydroxylation sites is 1. The molecule has 3 aromatic heterocycles. The predicted molar refractivity (Wildman–Crippen MR) is 210 cm³/mol. The van der Waals surface area contributed by atoms with Crippen molar-refractivity contribution in [2.75, 3.05) is 0 Å². The number of furan rings is 1. The van der Waals surface area contributed by atoms with Crippen LogP contribution in [0, 0.1) is 12.1 Å². The Morgan fingerprint density at radius 1 is 0.647 bits per heavy atom. The summed E-state index contributed by atoms with van der Waals surface area (Å²) in [7, 11) is -1.30. The van der Waals surface area contributed by atoms with Gasteiger partial charge in [-0.3, -0.25) is 0 Å². The van der Waals surface area contributed by atoms with Crippen LogP contribution in [0.4, 0.5) is 0 Å². The van der Waals surface area contributed by atoms with Gasteiger partial charge in [0.15, 0.2) is 0 Å². The molecule has 0 bridgehead atoms. The van der Waals surface area contributed by atoms with E-state index in [1.54, 1.807) is 0 Å². The summed E-state index contributed by atoms with van der Waals surface area (Å²) in [4.78, 5) is 9.27. The maximum atomic E-state index is 6.12. The molecule has 0 aliphatic rings. The van der Waals surface area contributed by atoms with E-state index in [0.717, 1.165) is 50.9 Å². The van der Waals surface area contributed by atoms with Crippen LogP contribution in [0.2, 0.25) is 19.6 Å². The average Bonchev–Trinajstić information content (AvgIpc) is 3.55. The molecule has 0 aliphatic carbocycles. The zero-order chi connectivity index (χ0) is 34.5. The van der Waals surface area contributed by atoms with Crippen LogP contribution in [0.5, 0.6) is 0 Å². The third kappa shape index (κ3) is 8.35. The maximum absolute atomic E-state index is 6.12. The fourth-order valence-corrected chi connectivity index (χ4v) is 7.30. The van der Waals surface area contributed by atoms with E-state index in [0.29, 0.717) is 5.92 Å². The van der Waals surface area contributed by atoms with Gasteiger partial charge in [-0.25, -0.2) is 0 Å². The molecule has 8 rings (SSSR count). The Kier molecular flexibility index (Phi) is 11.2. The van der Waals surface area contributed by atoms with E-state index in [-0.39, 0.29) is 20.1 Å². The summed E-state index contributed by atoms with van der Waals surface area (Å²) in [6, 6.07) is 54.8. The van der Waals surface area contributed by atoms with Crippen molar-refractivity contribution in [1.82, 2.24) is 9.97 Å². The molecular weight excluding hydrogens is 817 g/mol. The molecule has 5 aromatic carbocycles. The van der Waals surface area contributed by atoms with Gasteiger partial charge in [-0.15, -0.1) is 53.6 Å². The molecule has 0 fully saturated rings. The molecule has 255 valence electrons. The number of hydrogen-bond donors (Lipinski definition) is 0. The second kappa shape index (κ2) is 16.0. The van der Waals surface area contributed by atoms with Crippen molar-refractivity contribution in [2.24, 2.45) is 0 Å². The first-order valence-electron chi connectivity index (χ1n) is 17.2. The van der Waals surface area contributed by atoms with Gasteiger partial charge in [0.05, 0.1) is 13.7 Å². The normalized spacial score (nSPS) is 11.8. The second-order valence-electron chi connectivity index (χ2n) is 13.8. The van der Waals surface area contributed by atoms with E-state index in [2.05, 4.69) is 147 Å². The Hall–Kier alpha value is -4.93. The molecule has 1 atom stereocenters. The van der Waals surface area contributed by atoms with E-state index < -0.39 is 8.07 Å². The molecule has 0 amide bonds. The average molecular weight is 857 g/mol. The number of rotatable bonds is 7. The van der Waals surface area contributed by atoms with Crippen molar-refractivity contribution in [3.05, 3.63) is 186 Å². The SMILES string of the molecule is CC(c1ccccc1)c1cc[c-]c(-c2ccc([Si](C)(C)C)cn2)c1.[Ir].[c-]1ccc2c(oc3ccccc32)c1-c1cc(Cc2ccccc2)ccn1. The summed E-state index contributed by atoms with van der Waals surface area (Å²) in [6.07, 6.45) is 4.79. The van der Waals surface area contributed by atoms with Crippen molar-refractivity contribution in [3.8, 4) is 22.5 Å². The fraction of sp³-hybridized carbons (Fsp3) is 0.130. The van der Waals surface area contributed by atoms with Gasteiger partial charge >= 0.3 is 0 Å². The molecule has 0 spiro atoms. The van der Waals surface area contributed by atoms with E-state index in [1.807, 2.05) is 48.8 Å². The topological polar surface area (TPSA) is 38.9 Å². The molecule has 3 nitrogen and oxygen atoms in total.